The molecule has 0 bridgehead atoms. The van der Waals surface area contributed by atoms with Crippen LogP contribution >= 0.6 is 11.8 Å². The Morgan fingerprint density at radius 3 is 3.00 bits per heavy atom. The van der Waals surface area contributed by atoms with E-state index < -0.39 is 0 Å². The summed E-state index contributed by atoms with van der Waals surface area (Å²) in [5, 5.41) is 12.1. The quantitative estimate of drug-likeness (QED) is 0.779. The molecule has 1 heterocycles. The molecule has 2 aromatic rings. The zero-order chi connectivity index (χ0) is 13.7. The molecule has 19 heavy (non-hydrogen) atoms. The van der Waals surface area contributed by atoms with Crippen molar-refractivity contribution in [2.75, 3.05) is 12.9 Å². The standard InChI is InChI=1S/C11H13N5O2S/c1-18-9-5-3-2-4-8(9)16-11(13-14-15-16)19-7-6-10(12)17/h2-5H,6-7H2,1H3,(H2,12,17). The van der Waals surface area contributed by atoms with E-state index in [0.717, 1.165) is 5.69 Å². The summed E-state index contributed by atoms with van der Waals surface area (Å²) in [6.45, 7) is 0. The first-order valence-electron chi connectivity index (χ1n) is 5.55. The minimum atomic E-state index is -0.344. The van der Waals surface area contributed by atoms with Gasteiger partial charge in [-0.15, -0.1) is 5.10 Å². The first-order chi connectivity index (χ1) is 9.22. The van der Waals surface area contributed by atoms with Crippen LogP contribution in [0, 0.1) is 0 Å². The summed E-state index contributed by atoms with van der Waals surface area (Å²) in [6, 6.07) is 7.42. The third kappa shape index (κ3) is 3.22. The van der Waals surface area contributed by atoms with Gasteiger partial charge in [0.15, 0.2) is 0 Å². The van der Waals surface area contributed by atoms with E-state index in [1.165, 1.54) is 11.8 Å². The molecular weight excluding hydrogens is 266 g/mol. The lowest BCUT2D eigenvalue weighted by Crippen LogP contribution is -2.11. The van der Waals surface area contributed by atoms with Gasteiger partial charge in [0.05, 0.1) is 7.11 Å². The van der Waals surface area contributed by atoms with Crippen molar-refractivity contribution in [1.29, 1.82) is 0 Å². The fourth-order valence-corrected chi connectivity index (χ4v) is 2.30. The number of nitrogens with zero attached hydrogens (tertiary/aromatic N) is 4. The highest BCUT2D eigenvalue weighted by molar-refractivity contribution is 7.99. The number of methoxy groups -OCH3 is 1. The number of rotatable bonds is 6. The Labute approximate surface area is 114 Å². The molecule has 8 heteroatoms. The van der Waals surface area contributed by atoms with Crippen molar-refractivity contribution in [2.24, 2.45) is 5.73 Å². The smallest absolute Gasteiger partial charge is 0.218 e. The minimum absolute atomic E-state index is 0.281. The zero-order valence-corrected chi connectivity index (χ0v) is 11.1. The zero-order valence-electron chi connectivity index (χ0n) is 10.3. The van der Waals surface area contributed by atoms with Crippen molar-refractivity contribution in [3.63, 3.8) is 0 Å². The van der Waals surface area contributed by atoms with Crippen LogP contribution in [0.3, 0.4) is 0 Å². The number of hydrogen-bond donors (Lipinski definition) is 1. The van der Waals surface area contributed by atoms with E-state index in [2.05, 4.69) is 15.5 Å². The topological polar surface area (TPSA) is 95.9 Å². The van der Waals surface area contributed by atoms with Crippen LogP contribution in [0.1, 0.15) is 6.42 Å². The van der Waals surface area contributed by atoms with Gasteiger partial charge in [-0.2, -0.15) is 4.68 Å². The number of nitrogens with two attached hydrogens (primary N) is 1. The van der Waals surface area contributed by atoms with Crippen LogP contribution in [0.2, 0.25) is 0 Å². The molecule has 0 spiro atoms. The van der Waals surface area contributed by atoms with Gasteiger partial charge in [-0.3, -0.25) is 4.79 Å². The van der Waals surface area contributed by atoms with Crippen LogP contribution in [0.4, 0.5) is 0 Å². The molecule has 1 aromatic carbocycles. The molecular formula is C11H13N5O2S. The second-order valence-corrected chi connectivity index (χ2v) is 4.67. The van der Waals surface area contributed by atoms with Crippen LogP contribution < -0.4 is 10.5 Å². The Kier molecular flexibility index (Phi) is 4.35. The number of ether oxygens (including phenoxy) is 1. The van der Waals surface area contributed by atoms with E-state index in [0.29, 0.717) is 16.7 Å². The molecule has 0 unspecified atom stereocenters. The van der Waals surface area contributed by atoms with E-state index in [1.54, 1.807) is 11.8 Å². The summed E-state index contributed by atoms with van der Waals surface area (Å²) < 4.78 is 6.84. The number of hydrogen-bond acceptors (Lipinski definition) is 6. The van der Waals surface area contributed by atoms with Gasteiger partial charge in [0, 0.05) is 12.2 Å². The van der Waals surface area contributed by atoms with Gasteiger partial charge in [-0.05, 0) is 22.6 Å². The second kappa shape index (κ2) is 6.19. The Morgan fingerprint density at radius 2 is 2.26 bits per heavy atom. The number of para-hydroxylation sites is 2. The summed E-state index contributed by atoms with van der Waals surface area (Å²) >= 11 is 1.37. The number of amides is 1. The van der Waals surface area contributed by atoms with Gasteiger partial charge >= 0.3 is 0 Å². The summed E-state index contributed by atoms with van der Waals surface area (Å²) in [6.07, 6.45) is 0.281. The average molecular weight is 279 g/mol. The normalized spacial score (nSPS) is 10.4. The molecule has 0 atom stereocenters. The molecule has 7 nitrogen and oxygen atoms in total. The molecule has 1 amide bonds. The average Bonchev–Trinajstić information content (AvgIpc) is 2.86. The molecule has 2 N–H and O–H groups in total. The van der Waals surface area contributed by atoms with E-state index in [4.69, 9.17) is 10.5 Å². The Balaban J connectivity index is 2.21. The number of tetrazole rings is 1. The number of aromatic nitrogens is 4. The van der Waals surface area contributed by atoms with Gasteiger partial charge in [0.1, 0.15) is 11.4 Å². The highest BCUT2D eigenvalue weighted by atomic mass is 32.2. The van der Waals surface area contributed by atoms with Crippen molar-refractivity contribution < 1.29 is 9.53 Å². The van der Waals surface area contributed by atoms with Gasteiger partial charge in [0.2, 0.25) is 11.1 Å². The Morgan fingerprint density at radius 1 is 1.47 bits per heavy atom. The summed E-state index contributed by atoms with van der Waals surface area (Å²) in [4.78, 5) is 10.7. The highest BCUT2D eigenvalue weighted by Gasteiger charge is 2.12. The predicted octanol–water partition coefficient (Wildman–Crippen LogP) is 0.638. The molecule has 100 valence electrons. The number of primary amides is 1. The lowest BCUT2D eigenvalue weighted by molar-refractivity contribution is -0.117. The van der Waals surface area contributed by atoms with Crippen molar-refractivity contribution in [3.8, 4) is 11.4 Å². The van der Waals surface area contributed by atoms with Crippen LogP contribution in [0.5, 0.6) is 5.75 Å². The molecule has 0 aliphatic carbocycles. The number of carbonyl (C=O) groups is 1. The van der Waals surface area contributed by atoms with Gasteiger partial charge < -0.3 is 10.5 Å². The third-order valence-electron chi connectivity index (χ3n) is 2.33. The monoisotopic (exact) mass is 279 g/mol. The molecule has 1 aromatic heterocycles. The second-order valence-electron chi connectivity index (χ2n) is 3.61. The minimum Gasteiger partial charge on any atom is -0.494 e. The van der Waals surface area contributed by atoms with Crippen molar-refractivity contribution in [2.45, 2.75) is 11.6 Å². The van der Waals surface area contributed by atoms with Gasteiger partial charge in [-0.25, -0.2) is 0 Å². The van der Waals surface area contributed by atoms with Gasteiger partial charge in [0.25, 0.3) is 0 Å². The maximum atomic E-state index is 10.7. The van der Waals surface area contributed by atoms with E-state index >= 15 is 0 Å². The Hall–Kier alpha value is -2.09. The van der Waals surface area contributed by atoms with Crippen LogP contribution in [0.15, 0.2) is 29.4 Å². The summed E-state index contributed by atoms with van der Waals surface area (Å²) in [7, 11) is 1.59. The fourth-order valence-electron chi connectivity index (χ4n) is 1.47. The predicted molar refractivity (Wildman–Crippen MR) is 70.2 cm³/mol. The maximum Gasteiger partial charge on any atom is 0.218 e. The van der Waals surface area contributed by atoms with Crippen molar-refractivity contribution in [1.82, 2.24) is 20.2 Å². The van der Waals surface area contributed by atoms with Crippen molar-refractivity contribution >= 4 is 17.7 Å². The first kappa shape index (κ1) is 13.3. The maximum absolute atomic E-state index is 10.7. The number of carbonyl (C=O) groups excluding carboxylic acids is 1. The van der Waals surface area contributed by atoms with Crippen LogP contribution in [-0.4, -0.2) is 39.0 Å². The largest absolute Gasteiger partial charge is 0.494 e. The lowest BCUT2D eigenvalue weighted by Gasteiger charge is -2.08. The molecule has 0 fully saturated rings. The molecule has 2 rings (SSSR count). The van der Waals surface area contributed by atoms with Crippen molar-refractivity contribution in [3.05, 3.63) is 24.3 Å². The summed E-state index contributed by atoms with van der Waals surface area (Å²) in [5.74, 6) is 0.862. The lowest BCUT2D eigenvalue weighted by atomic mass is 10.3. The molecule has 0 aliphatic rings. The molecule has 0 saturated carbocycles. The first-order valence-corrected chi connectivity index (χ1v) is 6.54. The van der Waals surface area contributed by atoms with Crippen LogP contribution in [-0.2, 0) is 4.79 Å². The molecule has 0 saturated heterocycles. The van der Waals surface area contributed by atoms with Crippen LogP contribution in [0.25, 0.3) is 5.69 Å². The summed E-state index contributed by atoms with van der Waals surface area (Å²) in [5.41, 5.74) is 5.84. The highest BCUT2D eigenvalue weighted by Crippen LogP contribution is 2.25. The third-order valence-corrected chi connectivity index (χ3v) is 3.25. The van der Waals surface area contributed by atoms with E-state index in [1.807, 2.05) is 24.3 Å². The number of benzene rings is 1. The molecule has 0 radical (unpaired) electrons. The fraction of sp³-hybridized carbons (Fsp3) is 0.273. The number of thioether (sulfide) groups is 1. The van der Waals surface area contributed by atoms with E-state index in [-0.39, 0.29) is 12.3 Å². The Bertz CT molecular complexity index is 572. The SMILES string of the molecule is COc1ccccc1-n1nnnc1SCCC(N)=O. The molecule has 0 aliphatic heterocycles. The van der Waals surface area contributed by atoms with E-state index in [9.17, 15) is 4.79 Å². The van der Waals surface area contributed by atoms with Gasteiger partial charge in [-0.1, -0.05) is 23.9 Å².